The van der Waals surface area contributed by atoms with E-state index in [4.69, 9.17) is 0 Å². The molecule has 4 heteroatoms. The third-order valence-electron chi connectivity index (χ3n) is 4.67. The molecule has 1 aliphatic carbocycles. The fraction of sp³-hybridized carbons (Fsp3) is 0.389. The second-order valence-electron chi connectivity index (χ2n) is 5.82. The highest BCUT2D eigenvalue weighted by Gasteiger charge is 2.43. The Labute approximate surface area is 130 Å². The highest BCUT2D eigenvalue weighted by Crippen LogP contribution is 2.29. The predicted molar refractivity (Wildman–Crippen MR) is 83.3 cm³/mol. The van der Waals surface area contributed by atoms with E-state index in [1.807, 2.05) is 35.1 Å². The molecule has 0 fully saturated rings. The van der Waals surface area contributed by atoms with Gasteiger partial charge in [-0.1, -0.05) is 31.2 Å². The summed E-state index contributed by atoms with van der Waals surface area (Å²) in [4.78, 5) is 25.9. The SMILES string of the molecule is CCC(C)n1c2c([n+](CC)c1C)C(=O)c1ccccc1C2=O. The molecule has 1 atom stereocenters. The van der Waals surface area contributed by atoms with E-state index >= 15 is 0 Å². The number of carbonyl (C=O) groups is 2. The number of imidazole rings is 1. The van der Waals surface area contributed by atoms with Gasteiger partial charge in [-0.05, 0) is 20.3 Å². The van der Waals surface area contributed by atoms with Crippen LogP contribution in [0.3, 0.4) is 0 Å². The standard InChI is InChI=1S/C18H21N2O2/c1-5-11(3)20-12(4)19(6-2)15-16(20)18(22)14-10-8-7-9-13(14)17(15)21/h7-11H,5-6H2,1-4H3/q+1. The topological polar surface area (TPSA) is 43.0 Å². The lowest BCUT2D eigenvalue weighted by Gasteiger charge is -2.14. The summed E-state index contributed by atoms with van der Waals surface area (Å²) in [6.07, 6.45) is 0.911. The molecule has 0 saturated heterocycles. The van der Waals surface area contributed by atoms with Crippen LogP contribution >= 0.6 is 0 Å². The molecule has 0 saturated carbocycles. The van der Waals surface area contributed by atoms with E-state index in [0.29, 0.717) is 29.1 Å². The first kappa shape index (κ1) is 14.7. The molecule has 1 heterocycles. The summed E-state index contributed by atoms with van der Waals surface area (Å²) in [6.45, 7) is 8.85. The molecule has 22 heavy (non-hydrogen) atoms. The number of fused-ring (bicyclic) bond motifs is 2. The monoisotopic (exact) mass is 297 g/mol. The van der Waals surface area contributed by atoms with Crippen molar-refractivity contribution in [3.05, 3.63) is 52.6 Å². The Morgan fingerprint density at radius 3 is 2.23 bits per heavy atom. The zero-order valence-corrected chi connectivity index (χ0v) is 13.5. The Morgan fingerprint density at radius 1 is 1.09 bits per heavy atom. The minimum atomic E-state index is -0.0443. The number of hydrogen-bond acceptors (Lipinski definition) is 2. The summed E-state index contributed by atoms with van der Waals surface area (Å²) in [5, 5.41) is 0. The number of benzene rings is 1. The van der Waals surface area contributed by atoms with E-state index in [2.05, 4.69) is 13.8 Å². The molecule has 1 unspecified atom stereocenters. The molecule has 1 aliphatic rings. The van der Waals surface area contributed by atoms with Crippen molar-refractivity contribution in [1.82, 2.24) is 4.57 Å². The average molecular weight is 297 g/mol. The zero-order valence-electron chi connectivity index (χ0n) is 13.5. The Morgan fingerprint density at radius 2 is 1.68 bits per heavy atom. The number of carbonyl (C=O) groups excluding carboxylic acids is 2. The molecule has 0 N–H and O–H groups in total. The van der Waals surface area contributed by atoms with Crippen molar-refractivity contribution >= 4 is 11.6 Å². The van der Waals surface area contributed by atoms with Gasteiger partial charge in [0.1, 0.15) is 0 Å². The molecule has 1 aromatic heterocycles. The molecule has 2 aromatic rings. The number of nitrogens with zero attached hydrogens (tertiary/aromatic N) is 2. The van der Waals surface area contributed by atoms with E-state index in [-0.39, 0.29) is 17.6 Å². The van der Waals surface area contributed by atoms with Crippen LogP contribution in [0.1, 0.15) is 71.2 Å². The van der Waals surface area contributed by atoms with E-state index in [0.717, 1.165) is 12.2 Å². The molecule has 0 spiro atoms. The van der Waals surface area contributed by atoms with Gasteiger partial charge in [-0.3, -0.25) is 9.59 Å². The van der Waals surface area contributed by atoms with Crippen molar-refractivity contribution < 1.29 is 14.2 Å². The Hall–Kier alpha value is -2.23. The molecule has 0 aliphatic heterocycles. The van der Waals surface area contributed by atoms with Crippen molar-refractivity contribution in [2.75, 3.05) is 0 Å². The maximum Gasteiger partial charge on any atom is 0.254 e. The fourth-order valence-corrected chi connectivity index (χ4v) is 3.39. The Balaban J connectivity index is 2.37. The first-order valence-corrected chi connectivity index (χ1v) is 7.85. The fourth-order valence-electron chi connectivity index (χ4n) is 3.39. The summed E-state index contributed by atoms with van der Waals surface area (Å²) in [5.41, 5.74) is 2.13. The van der Waals surface area contributed by atoms with E-state index in [9.17, 15) is 9.59 Å². The highest BCUT2D eigenvalue weighted by atomic mass is 16.1. The third-order valence-corrected chi connectivity index (χ3v) is 4.67. The lowest BCUT2D eigenvalue weighted by Crippen LogP contribution is -2.42. The van der Waals surface area contributed by atoms with Crippen LogP contribution in [0, 0.1) is 6.92 Å². The van der Waals surface area contributed by atoms with Crippen molar-refractivity contribution in [2.24, 2.45) is 0 Å². The molecular weight excluding hydrogens is 276 g/mol. The summed E-state index contributed by atoms with van der Waals surface area (Å²) in [7, 11) is 0. The van der Waals surface area contributed by atoms with E-state index in [1.165, 1.54) is 0 Å². The third kappa shape index (κ3) is 1.79. The van der Waals surface area contributed by atoms with Crippen LogP contribution in [0.4, 0.5) is 0 Å². The summed E-state index contributed by atoms with van der Waals surface area (Å²) < 4.78 is 4.01. The van der Waals surface area contributed by atoms with Gasteiger partial charge in [0.15, 0.2) is 0 Å². The average Bonchev–Trinajstić information content (AvgIpc) is 2.84. The first-order chi connectivity index (χ1) is 10.5. The first-order valence-electron chi connectivity index (χ1n) is 7.85. The van der Waals surface area contributed by atoms with Crippen LogP contribution in [0.5, 0.6) is 0 Å². The van der Waals surface area contributed by atoms with Crippen molar-refractivity contribution in [3.8, 4) is 0 Å². The lowest BCUT2D eigenvalue weighted by molar-refractivity contribution is -0.700. The predicted octanol–water partition coefficient (Wildman–Crippen LogP) is 2.85. The quantitative estimate of drug-likeness (QED) is 0.698. The Bertz CT molecular complexity index is 787. The van der Waals surface area contributed by atoms with Gasteiger partial charge in [0.25, 0.3) is 5.82 Å². The maximum absolute atomic E-state index is 13.0. The zero-order chi connectivity index (χ0) is 16.0. The highest BCUT2D eigenvalue weighted by molar-refractivity contribution is 6.26. The van der Waals surface area contributed by atoms with Gasteiger partial charge in [0, 0.05) is 18.1 Å². The van der Waals surface area contributed by atoms with Crippen LogP contribution in [0.25, 0.3) is 0 Å². The number of aromatic nitrogens is 2. The molecule has 0 radical (unpaired) electrons. The molecule has 1 aromatic carbocycles. The van der Waals surface area contributed by atoms with Crippen LogP contribution < -0.4 is 4.57 Å². The summed E-state index contributed by atoms with van der Waals surface area (Å²) in [5.74, 6) is 0.884. The van der Waals surface area contributed by atoms with Gasteiger partial charge in [0.05, 0.1) is 12.6 Å². The van der Waals surface area contributed by atoms with Crippen LogP contribution in [0.15, 0.2) is 24.3 Å². The van der Waals surface area contributed by atoms with Gasteiger partial charge >= 0.3 is 0 Å². The molecule has 114 valence electrons. The Kier molecular flexibility index (Phi) is 3.47. The number of hydrogen-bond donors (Lipinski definition) is 0. The van der Waals surface area contributed by atoms with Gasteiger partial charge < -0.3 is 0 Å². The van der Waals surface area contributed by atoms with Crippen molar-refractivity contribution in [3.63, 3.8) is 0 Å². The second kappa shape index (κ2) is 5.20. The summed E-state index contributed by atoms with van der Waals surface area (Å²) in [6, 6.07) is 7.30. The van der Waals surface area contributed by atoms with E-state index < -0.39 is 0 Å². The van der Waals surface area contributed by atoms with Crippen molar-refractivity contribution in [2.45, 2.75) is 46.7 Å². The molecule has 3 rings (SSSR count). The van der Waals surface area contributed by atoms with Gasteiger partial charge in [0.2, 0.25) is 23.0 Å². The van der Waals surface area contributed by atoms with Gasteiger partial charge in [-0.15, -0.1) is 0 Å². The molecule has 0 amide bonds. The molecule has 4 nitrogen and oxygen atoms in total. The van der Waals surface area contributed by atoms with Crippen LogP contribution in [-0.4, -0.2) is 16.1 Å². The molecular formula is C18H21N2O2+. The smallest absolute Gasteiger partial charge is 0.254 e. The van der Waals surface area contributed by atoms with Crippen LogP contribution in [-0.2, 0) is 6.54 Å². The minimum absolute atomic E-state index is 0.0409. The van der Waals surface area contributed by atoms with Gasteiger partial charge in [-0.25, -0.2) is 9.13 Å². The van der Waals surface area contributed by atoms with E-state index in [1.54, 1.807) is 12.1 Å². The van der Waals surface area contributed by atoms with Crippen molar-refractivity contribution in [1.29, 1.82) is 0 Å². The summed E-state index contributed by atoms with van der Waals surface area (Å²) >= 11 is 0. The largest absolute Gasteiger partial charge is 0.284 e. The lowest BCUT2D eigenvalue weighted by atomic mass is 9.89. The molecule has 0 bridgehead atoms. The number of rotatable bonds is 3. The normalized spacial score (nSPS) is 14.7. The van der Waals surface area contributed by atoms with Gasteiger partial charge in [-0.2, -0.15) is 0 Å². The number of ketones is 2. The maximum atomic E-state index is 13.0. The van der Waals surface area contributed by atoms with Crippen LogP contribution in [0.2, 0.25) is 0 Å². The second-order valence-corrected chi connectivity index (χ2v) is 5.82. The minimum Gasteiger partial charge on any atom is -0.284 e.